The Kier molecular flexibility index (Phi) is 1.83. The summed E-state index contributed by atoms with van der Waals surface area (Å²) < 4.78 is 0. The maximum absolute atomic E-state index is 11.6. The summed E-state index contributed by atoms with van der Waals surface area (Å²) in [4.78, 5) is 13.2. The molecule has 0 atom stereocenters. The van der Waals surface area contributed by atoms with Crippen molar-refractivity contribution in [3.8, 4) is 0 Å². The number of carbonyl (C=O) groups is 1. The predicted molar refractivity (Wildman–Crippen MR) is 56.4 cm³/mol. The Morgan fingerprint density at radius 2 is 2.38 bits per heavy atom. The predicted octanol–water partition coefficient (Wildman–Crippen LogP) is -0.553. The molecule has 0 spiro atoms. The normalized spacial score (nSPS) is 23.0. The molecule has 3 rings (SSSR count). The van der Waals surface area contributed by atoms with Crippen LogP contribution in [0.1, 0.15) is 0 Å². The van der Waals surface area contributed by atoms with Gasteiger partial charge in [-0.3, -0.25) is 9.91 Å². The van der Waals surface area contributed by atoms with Gasteiger partial charge in [-0.05, 0) is 11.6 Å². The molecule has 16 heavy (non-hydrogen) atoms. The van der Waals surface area contributed by atoms with Crippen LogP contribution in [-0.2, 0) is 0 Å². The molecule has 3 N–H and O–H groups in total. The number of nitrogens with zero attached hydrogens (tertiary/aromatic N) is 2. The Bertz CT molecular complexity index is 463. The highest BCUT2D eigenvalue weighted by Gasteiger charge is 2.35. The van der Waals surface area contributed by atoms with Gasteiger partial charge in [0, 0.05) is 13.2 Å². The van der Waals surface area contributed by atoms with E-state index in [1.54, 1.807) is 18.0 Å². The number of hydrogen-bond acceptors (Lipinski definition) is 4. The molecule has 6 heteroatoms. The van der Waals surface area contributed by atoms with Crippen LogP contribution in [0, 0.1) is 0 Å². The molecule has 0 aromatic heterocycles. The fraction of sp³-hybridized carbons (Fsp3) is 0.300. The minimum Gasteiger partial charge on any atom is -0.392 e. The molecule has 2 amide bonds. The van der Waals surface area contributed by atoms with Crippen LogP contribution in [0.2, 0.25) is 0 Å². The molecular weight excluding hydrogens is 208 g/mol. The van der Waals surface area contributed by atoms with Crippen molar-refractivity contribution in [2.45, 2.75) is 0 Å². The lowest BCUT2D eigenvalue weighted by Crippen LogP contribution is -2.43. The van der Waals surface area contributed by atoms with Gasteiger partial charge in [0.05, 0.1) is 24.5 Å². The van der Waals surface area contributed by atoms with Crippen LogP contribution in [-0.4, -0.2) is 41.2 Å². The second kappa shape index (κ2) is 3.10. The number of amides is 2. The monoisotopic (exact) mass is 220 g/mol. The molecule has 0 aliphatic carbocycles. The minimum atomic E-state index is -0.146. The van der Waals surface area contributed by atoms with E-state index in [0.29, 0.717) is 6.54 Å². The van der Waals surface area contributed by atoms with E-state index in [0.717, 1.165) is 22.7 Å². The average molecular weight is 220 g/mol. The maximum Gasteiger partial charge on any atom is 0.325 e. The smallest absolute Gasteiger partial charge is 0.325 e. The number of likely N-dealkylation sites (N-methyl/N-ethyl adjacent to an activating group) is 1. The van der Waals surface area contributed by atoms with Crippen molar-refractivity contribution >= 4 is 6.03 Å². The molecule has 6 nitrogen and oxygen atoms in total. The molecule has 0 aromatic rings. The van der Waals surface area contributed by atoms with Crippen molar-refractivity contribution in [1.29, 1.82) is 0 Å². The molecule has 3 aliphatic heterocycles. The Balaban J connectivity index is 2.12. The summed E-state index contributed by atoms with van der Waals surface area (Å²) in [5.41, 5.74) is 6.55. The first-order valence-electron chi connectivity index (χ1n) is 5.05. The average Bonchev–Trinajstić information content (AvgIpc) is 2.70. The van der Waals surface area contributed by atoms with E-state index in [-0.39, 0.29) is 12.6 Å². The molecule has 0 radical (unpaired) electrons. The zero-order valence-electron chi connectivity index (χ0n) is 8.82. The molecular formula is C10H12N4O2. The van der Waals surface area contributed by atoms with E-state index in [4.69, 9.17) is 5.11 Å². The zero-order valence-corrected chi connectivity index (χ0v) is 8.82. The van der Waals surface area contributed by atoms with Gasteiger partial charge >= 0.3 is 6.03 Å². The van der Waals surface area contributed by atoms with Crippen molar-refractivity contribution in [3.05, 3.63) is 34.9 Å². The van der Waals surface area contributed by atoms with Crippen LogP contribution in [0.3, 0.4) is 0 Å². The maximum atomic E-state index is 11.6. The highest BCUT2D eigenvalue weighted by Crippen LogP contribution is 2.31. The van der Waals surface area contributed by atoms with Gasteiger partial charge in [-0.1, -0.05) is 0 Å². The summed E-state index contributed by atoms with van der Waals surface area (Å²) in [6.07, 6.45) is 3.63. The first kappa shape index (κ1) is 9.44. The molecule has 3 heterocycles. The number of aliphatic hydroxyl groups is 1. The van der Waals surface area contributed by atoms with Gasteiger partial charge in [-0.2, -0.15) is 0 Å². The van der Waals surface area contributed by atoms with Gasteiger partial charge in [-0.25, -0.2) is 10.2 Å². The fourth-order valence-corrected chi connectivity index (χ4v) is 2.09. The molecule has 0 fully saturated rings. The van der Waals surface area contributed by atoms with Gasteiger partial charge in [0.2, 0.25) is 0 Å². The number of aliphatic hydroxyl groups excluding tert-OH is 1. The highest BCUT2D eigenvalue weighted by molar-refractivity contribution is 5.82. The van der Waals surface area contributed by atoms with Gasteiger partial charge in [-0.15, -0.1) is 0 Å². The Hall–Kier alpha value is -1.79. The zero-order chi connectivity index (χ0) is 11.3. The quantitative estimate of drug-likeness (QED) is 0.554. The van der Waals surface area contributed by atoms with Gasteiger partial charge in [0.25, 0.3) is 0 Å². The van der Waals surface area contributed by atoms with Gasteiger partial charge in [0.1, 0.15) is 5.70 Å². The third-order valence-corrected chi connectivity index (χ3v) is 2.94. The van der Waals surface area contributed by atoms with Crippen LogP contribution in [0.4, 0.5) is 4.79 Å². The van der Waals surface area contributed by atoms with E-state index >= 15 is 0 Å². The van der Waals surface area contributed by atoms with Crippen LogP contribution >= 0.6 is 0 Å². The van der Waals surface area contributed by atoms with Gasteiger partial charge in [0.15, 0.2) is 0 Å². The van der Waals surface area contributed by atoms with E-state index < -0.39 is 0 Å². The molecule has 0 saturated heterocycles. The van der Waals surface area contributed by atoms with Crippen LogP contribution in [0.15, 0.2) is 34.9 Å². The number of hydrazine groups is 1. The second-order valence-corrected chi connectivity index (χ2v) is 3.91. The lowest BCUT2D eigenvalue weighted by Gasteiger charge is -2.31. The van der Waals surface area contributed by atoms with E-state index in [1.807, 2.05) is 11.2 Å². The number of rotatable bonds is 1. The first-order valence-corrected chi connectivity index (χ1v) is 5.05. The summed E-state index contributed by atoms with van der Waals surface area (Å²) in [6.45, 7) is 0.571. The van der Waals surface area contributed by atoms with Crippen LogP contribution in [0.5, 0.6) is 0 Å². The molecule has 0 aromatic carbocycles. The Labute approximate surface area is 92.5 Å². The SMILES string of the molecule is CN1C(=O)NC2=CC(CO)=CN3NCC1=C23. The van der Waals surface area contributed by atoms with Crippen LogP contribution in [0.25, 0.3) is 0 Å². The number of urea groups is 1. The third kappa shape index (κ3) is 1.11. The van der Waals surface area contributed by atoms with Crippen molar-refractivity contribution in [2.75, 3.05) is 20.2 Å². The third-order valence-electron chi connectivity index (χ3n) is 2.94. The van der Waals surface area contributed by atoms with E-state index in [9.17, 15) is 4.79 Å². The number of carbonyl (C=O) groups excluding carboxylic acids is 1. The summed E-state index contributed by atoms with van der Waals surface area (Å²) in [6, 6.07) is -0.146. The summed E-state index contributed by atoms with van der Waals surface area (Å²) in [5, 5.41) is 13.7. The summed E-state index contributed by atoms with van der Waals surface area (Å²) in [7, 11) is 1.74. The van der Waals surface area contributed by atoms with Crippen molar-refractivity contribution in [3.63, 3.8) is 0 Å². The van der Waals surface area contributed by atoms with Gasteiger partial charge < -0.3 is 10.4 Å². The molecule has 84 valence electrons. The van der Waals surface area contributed by atoms with E-state index in [1.165, 1.54) is 0 Å². The molecule has 0 saturated carbocycles. The molecule has 0 bridgehead atoms. The molecule has 3 aliphatic rings. The van der Waals surface area contributed by atoms with Crippen LogP contribution < -0.4 is 10.7 Å². The van der Waals surface area contributed by atoms with E-state index in [2.05, 4.69) is 10.7 Å². The second-order valence-electron chi connectivity index (χ2n) is 3.91. The number of nitrogens with one attached hydrogen (secondary N) is 2. The van der Waals surface area contributed by atoms with Crippen molar-refractivity contribution in [2.24, 2.45) is 0 Å². The fourth-order valence-electron chi connectivity index (χ4n) is 2.09. The topological polar surface area (TPSA) is 67.8 Å². The largest absolute Gasteiger partial charge is 0.392 e. The first-order chi connectivity index (χ1) is 7.70. The summed E-state index contributed by atoms with van der Waals surface area (Å²) >= 11 is 0. The molecule has 0 unspecified atom stereocenters. The standard InChI is InChI=1S/C10H12N4O2/c1-13-8-3-11-14-4-6(5-15)2-7(9(8)14)12-10(13)16/h2,4,11,15H,3,5H2,1H3,(H,12,16). The lowest BCUT2D eigenvalue weighted by molar-refractivity contribution is 0.218. The Morgan fingerprint density at radius 3 is 3.12 bits per heavy atom. The minimum absolute atomic E-state index is 0.0456. The van der Waals surface area contributed by atoms with Crippen molar-refractivity contribution < 1.29 is 9.90 Å². The van der Waals surface area contributed by atoms with Crippen molar-refractivity contribution in [1.82, 2.24) is 20.7 Å². The lowest BCUT2D eigenvalue weighted by atomic mass is 10.1. The Morgan fingerprint density at radius 1 is 1.56 bits per heavy atom. The highest BCUT2D eigenvalue weighted by atomic mass is 16.3. The number of hydrogen-bond donors (Lipinski definition) is 3. The summed E-state index contributed by atoms with van der Waals surface area (Å²) in [5.74, 6) is 0.